The second-order valence-corrected chi connectivity index (χ2v) is 8.48. The molecule has 0 spiro atoms. The highest BCUT2D eigenvalue weighted by atomic mass is 19.4. The van der Waals surface area contributed by atoms with E-state index in [1.54, 1.807) is 0 Å². The molecule has 3 fully saturated rings. The third-order valence-electron chi connectivity index (χ3n) is 6.38. The van der Waals surface area contributed by atoms with Crippen LogP contribution in [0.25, 0.3) is 0 Å². The van der Waals surface area contributed by atoms with E-state index in [1.165, 1.54) is 24.2 Å². The number of likely N-dealkylation sites (tertiary alicyclic amines) is 2. The fourth-order valence-electron chi connectivity index (χ4n) is 4.93. The molecule has 0 amide bonds. The van der Waals surface area contributed by atoms with E-state index in [9.17, 15) is 23.7 Å². The zero-order valence-corrected chi connectivity index (χ0v) is 17.5. The summed E-state index contributed by atoms with van der Waals surface area (Å²) >= 11 is 0. The topological polar surface area (TPSA) is 60.5 Å². The predicted octanol–water partition coefficient (Wildman–Crippen LogP) is 2.77. The lowest BCUT2D eigenvalue weighted by Crippen LogP contribution is -2.46. The second-order valence-electron chi connectivity index (χ2n) is 8.48. The van der Waals surface area contributed by atoms with Crippen LogP contribution < -0.4 is 0 Å². The van der Waals surface area contributed by atoms with Crippen molar-refractivity contribution in [3.63, 3.8) is 0 Å². The third-order valence-corrected chi connectivity index (χ3v) is 6.38. The average molecular weight is 425 g/mol. The van der Waals surface area contributed by atoms with Crippen LogP contribution in [-0.4, -0.2) is 90.7 Å². The Hall–Kier alpha value is -1.97. The molecule has 3 heterocycles. The molecule has 3 aliphatic heterocycles. The molecule has 6 nitrogen and oxygen atoms in total. The van der Waals surface area contributed by atoms with E-state index in [0.29, 0.717) is 31.8 Å². The van der Waals surface area contributed by atoms with E-state index >= 15 is 0 Å². The SMILES string of the molecule is N#CC(C#N)=C1N(CCCN2CCCCC2)CCN1C1CCN(CC(F)(F)F)CC1. The van der Waals surface area contributed by atoms with Crippen LogP contribution in [0.3, 0.4) is 0 Å². The highest BCUT2D eigenvalue weighted by molar-refractivity contribution is 5.40. The van der Waals surface area contributed by atoms with Gasteiger partial charge in [0.1, 0.15) is 18.0 Å². The van der Waals surface area contributed by atoms with Crippen molar-refractivity contribution in [2.45, 2.75) is 50.7 Å². The average Bonchev–Trinajstić information content (AvgIpc) is 3.13. The van der Waals surface area contributed by atoms with Crippen LogP contribution >= 0.6 is 0 Å². The van der Waals surface area contributed by atoms with Crippen LogP contribution in [0.2, 0.25) is 0 Å². The third kappa shape index (κ3) is 6.02. The maximum absolute atomic E-state index is 12.7. The molecule has 0 unspecified atom stereocenters. The quantitative estimate of drug-likeness (QED) is 0.611. The maximum Gasteiger partial charge on any atom is 0.401 e. The first-order valence-corrected chi connectivity index (χ1v) is 11.0. The summed E-state index contributed by atoms with van der Waals surface area (Å²) in [6.45, 7) is 5.48. The van der Waals surface area contributed by atoms with Gasteiger partial charge < -0.3 is 14.7 Å². The van der Waals surface area contributed by atoms with Crippen molar-refractivity contribution in [3.8, 4) is 12.1 Å². The van der Waals surface area contributed by atoms with Crippen LogP contribution in [0.5, 0.6) is 0 Å². The molecule has 3 saturated heterocycles. The Morgan fingerprint density at radius 3 is 2.13 bits per heavy atom. The van der Waals surface area contributed by atoms with Crippen molar-refractivity contribution in [2.24, 2.45) is 0 Å². The van der Waals surface area contributed by atoms with Gasteiger partial charge in [-0.3, -0.25) is 4.90 Å². The predicted molar refractivity (Wildman–Crippen MR) is 107 cm³/mol. The van der Waals surface area contributed by atoms with Gasteiger partial charge >= 0.3 is 6.18 Å². The highest BCUT2D eigenvalue weighted by Crippen LogP contribution is 2.30. The Bertz CT molecular complexity index is 662. The molecule has 0 aliphatic carbocycles. The second kappa shape index (κ2) is 10.4. The summed E-state index contributed by atoms with van der Waals surface area (Å²) in [5.74, 6) is 0.688. The lowest BCUT2D eigenvalue weighted by atomic mass is 10.0. The first-order chi connectivity index (χ1) is 14.4. The first kappa shape index (κ1) is 22.7. The minimum Gasteiger partial charge on any atom is -0.355 e. The van der Waals surface area contributed by atoms with Gasteiger partial charge in [-0.2, -0.15) is 23.7 Å². The Morgan fingerprint density at radius 2 is 1.53 bits per heavy atom. The van der Waals surface area contributed by atoms with Crippen molar-refractivity contribution in [3.05, 3.63) is 11.4 Å². The number of hydrogen-bond donors (Lipinski definition) is 0. The summed E-state index contributed by atoms with van der Waals surface area (Å²) in [6.07, 6.45) is 1.85. The van der Waals surface area contributed by atoms with Gasteiger partial charge in [0.05, 0.1) is 6.54 Å². The van der Waals surface area contributed by atoms with Crippen molar-refractivity contribution in [2.75, 3.05) is 58.9 Å². The van der Waals surface area contributed by atoms with Crippen molar-refractivity contribution in [1.82, 2.24) is 19.6 Å². The molecular weight excluding hydrogens is 393 g/mol. The normalized spacial score (nSPS) is 22.2. The molecular formula is C21H31F3N6. The van der Waals surface area contributed by atoms with Gasteiger partial charge in [-0.15, -0.1) is 0 Å². The minimum atomic E-state index is -4.18. The summed E-state index contributed by atoms with van der Waals surface area (Å²) in [5, 5.41) is 19.0. The number of nitriles is 2. The lowest BCUT2D eigenvalue weighted by molar-refractivity contribution is -0.148. The number of piperidine rings is 2. The molecule has 166 valence electrons. The molecule has 0 saturated carbocycles. The van der Waals surface area contributed by atoms with E-state index in [0.717, 1.165) is 45.7 Å². The van der Waals surface area contributed by atoms with Crippen molar-refractivity contribution in [1.29, 1.82) is 10.5 Å². The van der Waals surface area contributed by atoms with Gasteiger partial charge in [-0.05, 0) is 51.7 Å². The van der Waals surface area contributed by atoms with E-state index in [2.05, 4.69) is 14.7 Å². The highest BCUT2D eigenvalue weighted by Gasteiger charge is 2.37. The smallest absolute Gasteiger partial charge is 0.355 e. The van der Waals surface area contributed by atoms with Gasteiger partial charge in [-0.25, -0.2) is 0 Å². The van der Waals surface area contributed by atoms with Crippen molar-refractivity contribution >= 4 is 0 Å². The Labute approximate surface area is 177 Å². The Kier molecular flexibility index (Phi) is 7.85. The lowest BCUT2D eigenvalue weighted by Gasteiger charge is -2.38. The van der Waals surface area contributed by atoms with E-state index in [-0.39, 0.29) is 11.6 Å². The van der Waals surface area contributed by atoms with Gasteiger partial charge in [0.2, 0.25) is 0 Å². The molecule has 0 aromatic rings. The fraction of sp³-hybridized carbons (Fsp3) is 0.810. The first-order valence-electron chi connectivity index (χ1n) is 11.0. The Balaban J connectivity index is 1.59. The summed E-state index contributed by atoms with van der Waals surface area (Å²) in [5.41, 5.74) is 0.114. The number of hydrogen-bond acceptors (Lipinski definition) is 6. The zero-order chi connectivity index (χ0) is 21.6. The number of halogens is 3. The Morgan fingerprint density at radius 1 is 0.867 bits per heavy atom. The van der Waals surface area contributed by atoms with Crippen LogP contribution in [0.15, 0.2) is 11.4 Å². The molecule has 0 bridgehead atoms. The molecule has 0 radical (unpaired) electrons. The summed E-state index contributed by atoms with van der Waals surface area (Å²) in [7, 11) is 0. The molecule has 3 rings (SSSR count). The molecule has 3 aliphatic rings. The van der Waals surface area contributed by atoms with E-state index in [1.807, 2.05) is 12.1 Å². The summed E-state index contributed by atoms with van der Waals surface area (Å²) in [6, 6.07) is 4.15. The molecule has 0 N–H and O–H groups in total. The summed E-state index contributed by atoms with van der Waals surface area (Å²) in [4.78, 5) is 8.16. The molecule has 9 heteroatoms. The van der Waals surface area contributed by atoms with Gasteiger partial charge in [0.25, 0.3) is 0 Å². The van der Waals surface area contributed by atoms with Crippen molar-refractivity contribution < 1.29 is 13.2 Å². The molecule has 0 aromatic carbocycles. The summed E-state index contributed by atoms with van der Waals surface area (Å²) < 4.78 is 38.0. The number of rotatable bonds is 6. The maximum atomic E-state index is 12.7. The van der Waals surface area contributed by atoms with E-state index in [4.69, 9.17) is 0 Å². The van der Waals surface area contributed by atoms with E-state index < -0.39 is 12.7 Å². The zero-order valence-electron chi connectivity index (χ0n) is 17.5. The van der Waals surface area contributed by atoms with Crippen LogP contribution in [-0.2, 0) is 0 Å². The number of nitrogens with zero attached hydrogens (tertiary/aromatic N) is 6. The molecule has 0 aromatic heterocycles. The molecule has 0 atom stereocenters. The monoisotopic (exact) mass is 424 g/mol. The van der Waals surface area contributed by atoms with Crippen LogP contribution in [0.4, 0.5) is 13.2 Å². The number of allylic oxidation sites excluding steroid dienone is 1. The molecule has 30 heavy (non-hydrogen) atoms. The van der Waals surface area contributed by atoms with Gasteiger partial charge in [-0.1, -0.05) is 6.42 Å². The van der Waals surface area contributed by atoms with Gasteiger partial charge in [0.15, 0.2) is 5.57 Å². The standard InChI is InChI=1S/C21H31F3N6/c22-21(23,24)17-28-11-5-19(6-12-28)30-14-13-29(20(30)18(15-25)16-26)10-4-9-27-7-2-1-3-8-27/h19H,1-14,17H2. The minimum absolute atomic E-state index is 0.0771. The van der Waals surface area contributed by atoms with Crippen LogP contribution in [0.1, 0.15) is 38.5 Å². The van der Waals surface area contributed by atoms with Crippen LogP contribution in [0, 0.1) is 22.7 Å². The van der Waals surface area contributed by atoms with Gasteiger partial charge in [0, 0.05) is 38.8 Å². The fourth-order valence-corrected chi connectivity index (χ4v) is 4.93. The largest absolute Gasteiger partial charge is 0.401 e. The number of alkyl halides is 3.